The van der Waals surface area contributed by atoms with Gasteiger partial charge in [0.25, 0.3) is 0 Å². The predicted octanol–water partition coefficient (Wildman–Crippen LogP) is -0.767. The number of nitrogens with zero attached hydrogens (tertiary/aromatic N) is 3. The van der Waals surface area contributed by atoms with Crippen molar-refractivity contribution < 1.29 is 22.1 Å². The summed E-state index contributed by atoms with van der Waals surface area (Å²) in [7, 11) is 0. The summed E-state index contributed by atoms with van der Waals surface area (Å²) in [6.07, 6.45) is -0.948. The van der Waals surface area contributed by atoms with Crippen LogP contribution >= 0.6 is 0 Å². The third-order valence-electron chi connectivity index (χ3n) is 3.42. The molecule has 11 heteroatoms. The van der Waals surface area contributed by atoms with Crippen molar-refractivity contribution in [3.05, 3.63) is 22.7 Å². The van der Waals surface area contributed by atoms with Crippen LogP contribution in [0.4, 0.5) is 5.82 Å². The fraction of sp³-hybridized carbons (Fsp3) is 0.500. The highest BCUT2D eigenvalue weighted by Crippen LogP contribution is 2.38. The first kappa shape index (κ1) is 15.8. The maximum absolute atomic E-state index is 12.1. The first-order valence-corrected chi connectivity index (χ1v) is 7.63. The summed E-state index contributed by atoms with van der Waals surface area (Å²) in [5, 5.41) is 11.7. The summed E-state index contributed by atoms with van der Waals surface area (Å²) < 4.78 is 28.0. The second-order valence-electron chi connectivity index (χ2n) is 4.95. The summed E-state index contributed by atoms with van der Waals surface area (Å²) in [5.41, 5.74) is -0.692. The first-order chi connectivity index (χ1) is 11.0. The number of carbonyl (C=O) groups is 1. The number of hydrogen-bond donors (Lipinski definition) is 1. The van der Waals surface area contributed by atoms with Crippen LogP contribution < -0.4 is 11.0 Å². The van der Waals surface area contributed by atoms with Gasteiger partial charge in [-0.15, -0.1) is 0 Å². The van der Waals surface area contributed by atoms with Crippen LogP contribution in [0.2, 0.25) is 0 Å². The Bertz CT molecular complexity index is 759. The van der Waals surface area contributed by atoms with Gasteiger partial charge in [0.15, 0.2) is 6.23 Å². The number of carbonyl (C=O) groups excluding carboxylic acids is 1. The van der Waals surface area contributed by atoms with Crippen LogP contribution in [0.25, 0.3) is 0 Å². The Labute approximate surface area is 132 Å². The second-order valence-corrected chi connectivity index (χ2v) is 5.79. The molecule has 3 rings (SSSR count). The average Bonchev–Trinajstić information content (AvgIpc) is 2.84. The highest BCUT2D eigenvalue weighted by Gasteiger charge is 2.50. The molecule has 2 aliphatic rings. The molecule has 1 amide bonds. The van der Waals surface area contributed by atoms with Gasteiger partial charge in [0.2, 0.25) is 5.91 Å². The second kappa shape index (κ2) is 6.17. The van der Waals surface area contributed by atoms with E-state index in [1.165, 1.54) is 19.2 Å². The average molecular weight is 340 g/mol. The Hall–Kier alpha value is -2.13. The number of amides is 1. The molecule has 0 bridgehead atoms. The minimum atomic E-state index is -1.94. The molecular formula is C12H12N4O6S. The molecule has 122 valence electrons. The molecule has 3 heterocycles. The van der Waals surface area contributed by atoms with Crippen LogP contribution in [-0.2, 0) is 29.3 Å². The molecule has 0 spiro atoms. The minimum Gasteiger partial charge on any atom is -0.348 e. The maximum atomic E-state index is 12.1. The molecule has 10 nitrogen and oxygen atoms in total. The van der Waals surface area contributed by atoms with Crippen LogP contribution in [0, 0.1) is 17.2 Å². The van der Waals surface area contributed by atoms with Gasteiger partial charge < -0.3 is 10.1 Å². The van der Waals surface area contributed by atoms with Crippen molar-refractivity contribution in [3.8, 4) is 6.07 Å². The van der Waals surface area contributed by atoms with E-state index in [4.69, 9.17) is 13.1 Å². The van der Waals surface area contributed by atoms with Gasteiger partial charge in [-0.3, -0.25) is 17.7 Å². The van der Waals surface area contributed by atoms with Gasteiger partial charge in [-0.25, -0.2) is 4.79 Å². The molecule has 5 atom stereocenters. The number of nitrogens with one attached hydrogen (secondary N) is 1. The van der Waals surface area contributed by atoms with Crippen molar-refractivity contribution in [1.82, 2.24) is 9.55 Å². The third kappa shape index (κ3) is 3.02. The number of anilines is 1. The van der Waals surface area contributed by atoms with E-state index in [1.54, 1.807) is 0 Å². The number of fused-ring (bicyclic) bond motifs is 1. The van der Waals surface area contributed by atoms with Crippen molar-refractivity contribution in [2.75, 3.05) is 11.9 Å². The van der Waals surface area contributed by atoms with Gasteiger partial charge >= 0.3 is 17.1 Å². The van der Waals surface area contributed by atoms with Gasteiger partial charge in [0.05, 0.1) is 12.7 Å². The van der Waals surface area contributed by atoms with E-state index in [2.05, 4.69) is 10.3 Å². The predicted molar refractivity (Wildman–Crippen MR) is 74.8 cm³/mol. The maximum Gasteiger partial charge on any atom is 0.351 e. The van der Waals surface area contributed by atoms with Crippen LogP contribution in [0.3, 0.4) is 0 Å². The lowest BCUT2D eigenvalue weighted by Crippen LogP contribution is -2.39. The van der Waals surface area contributed by atoms with Crippen LogP contribution in [0.1, 0.15) is 13.2 Å². The number of hydrogen-bond acceptors (Lipinski definition) is 8. The van der Waals surface area contributed by atoms with Crippen LogP contribution in [0.5, 0.6) is 0 Å². The van der Waals surface area contributed by atoms with Crippen molar-refractivity contribution >= 4 is 23.1 Å². The Morgan fingerprint density at radius 1 is 1.61 bits per heavy atom. The molecular weight excluding hydrogens is 328 g/mol. The van der Waals surface area contributed by atoms with E-state index in [9.17, 15) is 19.1 Å². The summed E-state index contributed by atoms with van der Waals surface area (Å²) in [6, 6.07) is 3.42. The van der Waals surface area contributed by atoms with Gasteiger partial charge in [-0.2, -0.15) is 14.5 Å². The molecule has 0 saturated carbocycles. The Morgan fingerprint density at radius 2 is 2.39 bits per heavy atom. The van der Waals surface area contributed by atoms with Crippen molar-refractivity contribution in [1.29, 1.82) is 5.26 Å². The van der Waals surface area contributed by atoms with Gasteiger partial charge in [0, 0.05) is 13.1 Å². The van der Waals surface area contributed by atoms with Crippen molar-refractivity contribution in [3.63, 3.8) is 0 Å². The molecule has 2 saturated heterocycles. The topological polar surface area (TPSA) is 133 Å². The Balaban J connectivity index is 1.89. The standard InChI is InChI=1S/C12H12N4O6S/c1-6(17)14-9-2-3-16(12(18)15-9)11-7(4-13)10-8(21-11)5-20-23(19)22-10/h2-3,7-8,10-11H,5H2,1H3,(H,14,15,17,18). The number of aromatic nitrogens is 2. The SMILES string of the molecule is CC(=O)Nc1ccn(C2OC3COS(=O)OC3C2C#N)c(=O)n1. The molecule has 23 heavy (non-hydrogen) atoms. The van der Waals surface area contributed by atoms with Gasteiger partial charge in [0.1, 0.15) is 23.9 Å². The van der Waals surface area contributed by atoms with E-state index < -0.39 is 41.4 Å². The van der Waals surface area contributed by atoms with E-state index in [-0.39, 0.29) is 18.3 Å². The lowest BCUT2D eigenvalue weighted by Gasteiger charge is -2.22. The quantitative estimate of drug-likeness (QED) is 0.742. The van der Waals surface area contributed by atoms with E-state index >= 15 is 0 Å². The fourth-order valence-corrected chi connectivity index (χ4v) is 3.19. The molecule has 5 unspecified atom stereocenters. The zero-order valence-corrected chi connectivity index (χ0v) is 12.7. The van der Waals surface area contributed by atoms with Gasteiger partial charge in [-0.1, -0.05) is 0 Å². The fourth-order valence-electron chi connectivity index (χ4n) is 2.46. The number of rotatable bonds is 2. The summed E-state index contributed by atoms with van der Waals surface area (Å²) in [6.45, 7) is 1.29. The van der Waals surface area contributed by atoms with Crippen LogP contribution in [0.15, 0.2) is 17.1 Å². The highest BCUT2D eigenvalue weighted by atomic mass is 32.2. The molecule has 2 fully saturated rings. The van der Waals surface area contributed by atoms with E-state index in [0.717, 1.165) is 4.57 Å². The molecule has 1 aromatic heterocycles. The Kier molecular flexibility index (Phi) is 4.22. The molecule has 0 radical (unpaired) electrons. The summed E-state index contributed by atoms with van der Waals surface area (Å²) in [4.78, 5) is 26.8. The first-order valence-electron chi connectivity index (χ1n) is 6.63. The van der Waals surface area contributed by atoms with Crippen molar-refractivity contribution in [2.45, 2.75) is 25.4 Å². The summed E-state index contributed by atoms with van der Waals surface area (Å²) >= 11 is -1.94. The summed E-state index contributed by atoms with van der Waals surface area (Å²) in [5.74, 6) is -1.11. The molecule has 0 aromatic carbocycles. The molecule has 0 aliphatic carbocycles. The molecule has 2 aliphatic heterocycles. The lowest BCUT2D eigenvalue weighted by molar-refractivity contribution is -0.114. The molecule has 1 aromatic rings. The monoisotopic (exact) mass is 340 g/mol. The largest absolute Gasteiger partial charge is 0.351 e. The minimum absolute atomic E-state index is 0.00187. The highest BCUT2D eigenvalue weighted by molar-refractivity contribution is 7.75. The van der Waals surface area contributed by atoms with Gasteiger partial charge in [-0.05, 0) is 6.07 Å². The van der Waals surface area contributed by atoms with E-state index in [1.807, 2.05) is 6.07 Å². The zero-order valence-electron chi connectivity index (χ0n) is 11.9. The smallest absolute Gasteiger partial charge is 0.348 e. The third-order valence-corrected chi connectivity index (χ3v) is 4.13. The van der Waals surface area contributed by atoms with Crippen LogP contribution in [-0.4, -0.2) is 38.5 Å². The van der Waals surface area contributed by atoms with Crippen molar-refractivity contribution in [2.24, 2.45) is 5.92 Å². The Morgan fingerprint density at radius 3 is 3.04 bits per heavy atom. The number of ether oxygens (including phenoxy) is 1. The molecule has 1 N–H and O–H groups in total. The zero-order chi connectivity index (χ0) is 16.6. The van der Waals surface area contributed by atoms with E-state index in [0.29, 0.717) is 0 Å². The number of nitriles is 1. The lowest BCUT2D eigenvalue weighted by atomic mass is 10.0. The normalized spacial score (nSPS) is 32.8.